The maximum atomic E-state index is 8.60. The van der Waals surface area contributed by atoms with Gasteiger partial charge in [-0.1, -0.05) is 31.5 Å². The van der Waals surface area contributed by atoms with Crippen LogP contribution in [-0.4, -0.2) is 46.0 Å². The van der Waals surface area contributed by atoms with Crippen molar-refractivity contribution in [1.29, 1.82) is 0 Å². The number of thiazole rings is 1. The summed E-state index contributed by atoms with van der Waals surface area (Å²) in [7, 11) is 1.46. The lowest BCUT2D eigenvalue weighted by atomic mass is 10.0. The largest absolute Gasteiger partial charge is 0.369 e. The number of nitrogens with one attached hydrogen (secondary N) is 2. The van der Waals surface area contributed by atoms with Crippen molar-refractivity contribution in [2.75, 3.05) is 30.8 Å². The van der Waals surface area contributed by atoms with Crippen LogP contribution in [0.5, 0.6) is 0 Å². The molecule has 0 spiro atoms. The van der Waals surface area contributed by atoms with Gasteiger partial charge in [-0.3, -0.25) is 0 Å². The Morgan fingerprint density at radius 2 is 1.86 bits per heavy atom. The van der Waals surface area contributed by atoms with E-state index in [1.54, 1.807) is 36.5 Å². The number of anilines is 2. The van der Waals surface area contributed by atoms with Gasteiger partial charge in [0.25, 0.3) is 0 Å². The predicted octanol–water partition coefficient (Wildman–Crippen LogP) is 5.88. The van der Waals surface area contributed by atoms with E-state index in [0.717, 1.165) is 51.7 Å². The number of fused-ring (bicyclic) bond motifs is 1. The van der Waals surface area contributed by atoms with Gasteiger partial charge in [0.1, 0.15) is 10.8 Å². The molecule has 0 fully saturated rings. The van der Waals surface area contributed by atoms with Crippen LogP contribution in [-0.2, 0) is 11.3 Å². The van der Waals surface area contributed by atoms with E-state index in [1.165, 1.54) is 12.0 Å². The van der Waals surface area contributed by atoms with Crippen molar-refractivity contribution in [1.82, 2.24) is 15.0 Å². The summed E-state index contributed by atoms with van der Waals surface area (Å²) in [5.74, 6) is 1.01. The molecule has 0 saturated carbocycles. The maximum absolute atomic E-state index is 8.60. The Morgan fingerprint density at radius 1 is 1.11 bits per heavy atom. The van der Waals surface area contributed by atoms with E-state index >= 15 is 0 Å². The lowest BCUT2D eigenvalue weighted by Gasteiger charge is -2.16. The standard InChI is InChI=1S/C23H28N6S2.C4H10O2/c1-3-16(13-24)10-11-25-21-20(22-28-18-8-4-5-9-19(18)31-22)15(2)27-23(29-21)26-14-17-7-6-12-30-17;1-4(2,5)6-3/h4-9,12,16H,3,10-11,13-14,24H2,1-2H3,(H2,25,26,27,29);5H,1-3H3. The molecule has 3 heterocycles. The highest BCUT2D eigenvalue weighted by Crippen LogP contribution is 2.36. The molecule has 1 atom stereocenters. The Morgan fingerprint density at radius 3 is 2.49 bits per heavy atom. The van der Waals surface area contributed by atoms with Crippen LogP contribution in [0, 0.1) is 12.8 Å². The molecule has 3 aromatic heterocycles. The van der Waals surface area contributed by atoms with Gasteiger partial charge in [-0.05, 0) is 63.2 Å². The van der Waals surface area contributed by atoms with Gasteiger partial charge in [0.05, 0.1) is 28.0 Å². The van der Waals surface area contributed by atoms with Gasteiger partial charge in [-0.25, -0.2) is 9.97 Å². The molecule has 0 bridgehead atoms. The van der Waals surface area contributed by atoms with E-state index in [0.29, 0.717) is 25.0 Å². The molecule has 4 aromatic rings. The summed E-state index contributed by atoms with van der Waals surface area (Å²) < 4.78 is 5.66. The summed E-state index contributed by atoms with van der Waals surface area (Å²) in [5, 5.41) is 18.5. The summed E-state index contributed by atoms with van der Waals surface area (Å²) in [6.45, 7) is 9.60. The molecule has 0 saturated heterocycles. The zero-order chi connectivity index (χ0) is 26.8. The van der Waals surface area contributed by atoms with Crippen LogP contribution < -0.4 is 16.4 Å². The summed E-state index contributed by atoms with van der Waals surface area (Å²) in [4.78, 5) is 15.7. The molecule has 5 N–H and O–H groups in total. The highest BCUT2D eigenvalue weighted by Gasteiger charge is 2.18. The molecule has 200 valence electrons. The minimum Gasteiger partial charge on any atom is -0.369 e. The van der Waals surface area contributed by atoms with Crippen LogP contribution in [0.4, 0.5) is 11.8 Å². The number of rotatable bonds is 11. The molecular formula is C27H38N6O2S2. The second kappa shape index (κ2) is 13.8. The van der Waals surface area contributed by atoms with Gasteiger partial charge in [0, 0.05) is 18.5 Å². The van der Waals surface area contributed by atoms with Crippen molar-refractivity contribution >= 4 is 44.7 Å². The van der Waals surface area contributed by atoms with Crippen LogP contribution in [0.15, 0.2) is 41.8 Å². The fraction of sp³-hybridized carbons (Fsp3) is 0.444. The van der Waals surface area contributed by atoms with Gasteiger partial charge in [0.2, 0.25) is 5.95 Å². The Balaban J connectivity index is 0.000000568. The number of benzene rings is 1. The minimum atomic E-state index is -0.958. The second-order valence-corrected chi connectivity index (χ2v) is 11.2. The van der Waals surface area contributed by atoms with E-state index in [9.17, 15) is 0 Å². The third-order valence-corrected chi connectivity index (χ3v) is 7.78. The number of aliphatic hydroxyl groups is 1. The summed E-state index contributed by atoms with van der Waals surface area (Å²) >= 11 is 3.40. The van der Waals surface area contributed by atoms with Crippen LogP contribution in [0.1, 0.15) is 44.2 Å². The first kappa shape index (κ1) is 28.9. The highest BCUT2D eigenvalue weighted by molar-refractivity contribution is 7.21. The van der Waals surface area contributed by atoms with Crippen molar-refractivity contribution in [2.45, 2.75) is 52.9 Å². The molecule has 0 aliphatic carbocycles. The molecular weight excluding hydrogens is 504 g/mol. The molecule has 0 radical (unpaired) electrons. The lowest BCUT2D eigenvalue weighted by molar-refractivity contribution is -0.155. The monoisotopic (exact) mass is 542 g/mol. The fourth-order valence-corrected chi connectivity index (χ4v) is 5.19. The number of nitrogens with zero attached hydrogens (tertiary/aromatic N) is 3. The van der Waals surface area contributed by atoms with E-state index in [4.69, 9.17) is 25.8 Å². The number of para-hydroxylation sites is 1. The van der Waals surface area contributed by atoms with Gasteiger partial charge in [-0.15, -0.1) is 22.7 Å². The molecule has 0 aliphatic rings. The van der Waals surface area contributed by atoms with Gasteiger partial charge >= 0.3 is 0 Å². The summed E-state index contributed by atoms with van der Waals surface area (Å²) in [6, 6.07) is 12.4. The van der Waals surface area contributed by atoms with Crippen LogP contribution in [0.2, 0.25) is 0 Å². The third-order valence-electron chi connectivity index (χ3n) is 5.85. The average Bonchev–Trinajstić information content (AvgIpc) is 3.55. The van der Waals surface area contributed by atoms with Crippen molar-refractivity contribution in [2.24, 2.45) is 11.7 Å². The number of nitrogens with two attached hydrogens (primary N) is 1. The zero-order valence-corrected chi connectivity index (χ0v) is 23.9. The first-order valence-corrected chi connectivity index (χ1v) is 14.2. The molecule has 8 nitrogen and oxygen atoms in total. The molecule has 0 aliphatic heterocycles. The molecule has 1 aromatic carbocycles. The van der Waals surface area contributed by atoms with Crippen LogP contribution >= 0.6 is 22.7 Å². The Bertz CT molecular complexity index is 1200. The van der Waals surface area contributed by atoms with Crippen molar-refractivity contribution in [3.05, 3.63) is 52.3 Å². The van der Waals surface area contributed by atoms with E-state index < -0.39 is 5.79 Å². The summed E-state index contributed by atoms with van der Waals surface area (Å²) in [6.07, 6.45) is 2.09. The van der Waals surface area contributed by atoms with Crippen molar-refractivity contribution in [3.8, 4) is 10.6 Å². The quantitative estimate of drug-likeness (QED) is 0.173. The molecule has 0 amide bonds. The number of aryl methyl sites for hydroxylation is 1. The third kappa shape index (κ3) is 8.72. The molecule has 37 heavy (non-hydrogen) atoms. The molecule has 10 heteroatoms. The van der Waals surface area contributed by atoms with E-state index in [-0.39, 0.29) is 0 Å². The number of methoxy groups -OCH3 is 1. The number of aromatic nitrogens is 3. The predicted molar refractivity (Wildman–Crippen MR) is 156 cm³/mol. The molecule has 4 rings (SSSR count). The lowest BCUT2D eigenvalue weighted by Crippen LogP contribution is -2.20. The SMILES string of the molecule is CCC(CN)CCNc1nc(NCc2cccs2)nc(C)c1-c1nc2ccccc2s1.COC(C)(C)O. The smallest absolute Gasteiger partial charge is 0.225 e. The summed E-state index contributed by atoms with van der Waals surface area (Å²) in [5.41, 5.74) is 8.78. The van der Waals surface area contributed by atoms with Crippen molar-refractivity contribution in [3.63, 3.8) is 0 Å². The Kier molecular flexibility index (Phi) is 10.8. The molecule has 1 unspecified atom stereocenters. The van der Waals surface area contributed by atoms with E-state index in [1.807, 2.05) is 25.1 Å². The normalized spacial score (nSPS) is 12.2. The van der Waals surface area contributed by atoms with E-state index in [2.05, 4.69) is 45.9 Å². The van der Waals surface area contributed by atoms with Crippen LogP contribution in [0.3, 0.4) is 0 Å². The average molecular weight is 543 g/mol. The highest BCUT2D eigenvalue weighted by atomic mass is 32.1. The first-order chi connectivity index (χ1) is 17.7. The zero-order valence-electron chi connectivity index (χ0n) is 22.2. The number of hydrogen-bond donors (Lipinski definition) is 4. The Labute approximate surface area is 227 Å². The van der Waals surface area contributed by atoms with Gasteiger partial charge in [0.15, 0.2) is 5.79 Å². The Hall–Kier alpha value is -2.63. The van der Waals surface area contributed by atoms with Gasteiger partial charge < -0.3 is 26.2 Å². The van der Waals surface area contributed by atoms with Crippen molar-refractivity contribution < 1.29 is 9.84 Å². The van der Waals surface area contributed by atoms with Crippen LogP contribution in [0.25, 0.3) is 20.8 Å². The number of ether oxygens (including phenoxy) is 1. The first-order valence-electron chi connectivity index (χ1n) is 12.5. The number of hydrogen-bond acceptors (Lipinski definition) is 10. The van der Waals surface area contributed by atoms with Gasteiger partial charge in [-0.2, -0.15) is 4.98 Å². The number of thiophene rings is 1. The topological polar surface area (TPSA) is 118 Å². The maximum Gasteiger partial charge on any atom is 0.225 e. The fourth-order valence-electron chi connectivity index (χ4n) is 3.48. The minimum absolute atomic E-state index is 0.512. The second-order valence-electron chi connectivity index (χ2n) is 9.15.